The van der Waals surface area contributed by atoms with Crippen molar-refractivity contribution in [2.45, 2.75) is 32.0 Å². The molecule has 120 valence electrons. The Morgan fingerprint density at radius 1 is 1.33 bits per heavy atom. The van der Waals surface area contributed by atoms with Crippen LogP contribution in [0.4, 0.5) is 22.0 Å². The number of nitrogens with one attached hydrogen (secondary N) is 1. The maximum atomic E-state index is 13.0. The van der Waals surface area contributed by atoms with Gasteiger partial charge in [-0.15, -0.1) is 0 Å². The van der Waals surface area contributed by atoms with Crippen molar-refractivity contribution in [1.82, 2.24) is 10.3 Å². The van der Waals surface area contributed by atoms with Crippen molar-refractivity contribution in [3.63, 3.8) is 0 Å². The van der Waals surface area contributed by atoms with E-state index < -0.39 is 30.8 Å². The maximum absolute atomic E-state index is 13.0. The van der Waals surface area contributed by atoms with Gasteiger partial charge in [0.25, 0.3) is 6.43 Å². The van der Waals surface area contributed by atoms with Crippen LogP contribution in [0.2, 0.25) is 0 Å². The van der Waals surface area contributed by atoms with Gasteiger partial charge in [0.15, 0.2) is 0 Å². The molecule has 0 aliphatic heterocycles. The topological polar surface area (TPSA) is 34.1 Å². The highest BCUT2D eigenvalue weighted by Crippen LogP contribution is 2.34. The number of alkyl halides is 5. The van der Waals surface area contributed by atoms with Gasteiger partial charge in [-0.1, -0.05) is 6.92 Å². The largest absolute Gasteiger partial charge is 0.416 e. The molecular formula is C13H17F5N2O. The highest BCUT2D eigenvalue weighted by atomic mass is 19.4. The molecule has 1 heterocycles. The van der Waals surface area contributed by atoms with Crippen molar-refractivity contribution in [1.29, 1.82) is 0 Å². The molecule has 0 spiro atoms. The van der Waals surface area contributed by atoms with Crippen LogP contribution in [0.3, 0.4) is 0 Å². The second-order valence-electron chi connectivity index (χ2n) is 4.33. The summed E-state index contributed by atoms with van der Waals surface area (Å²) in [5.41, 5.74) is -0.787. The van der Waals surface area contributed by atoms with E-state index in [0.29, 0.717) is 6.54 Å². The molecule has 21 heavy (non-hydrogen) atoms. The Balaban J connectivity index is 2.81. The summed E-state index contributed by atoms with van der Waals surface area (Å²) < 4.78 is 67.5. The van der Waals surface area contributed by atoms with Gasteiger partial charge < -0.3 is 10.1 Å². The first-order chi connectivity index (χ1) is 9.86. The number of hydrogen-bond donors (Lipinski definition) is 1. The molecule has 0 aromatic carbocycles. The molecule has 0 amide bonds. The Bertz CT molecular complexity index is 425. The van der Waals surface area contributed by atoms with Gasteiger partial charge in [-0.2, -0.15) is 13.2 Å². The predicted molar refractivity (Wildman–Crippen MR) is 67.1 cm³/mol. The van der Waals surface area contributed by atoms with Crippen LogP contribution < -0.4 is 5.32 Å². The third-order valence-electron chi connectivity index (χ3n) is 2.78. The van der Waals surface area contributed by atoms with Crippen LogP contribution in [0, 0.1) is 0 Å². The minimum absolute atomic E-state index is 0.00695. The van der Waals surface area contributed by atoms with Gasteiger partial charge in [-0.3, -0.25) is 4.98 Å². The second-order valence-corrected chi connectivity index (χ2v) is 4.33. The lowest BCUT2D eigenvalue weighted by Crippen LogP contribution is -2.25. The molecule has 8 heteroatoms. The number of aromatic nitrogens is 1. The fourth-order valence-corrected chi connectivity index (χ4v) is 1.93. The van der Waals surface area contributed by atoms with E-state index in [1.54, 1.807) is 6.92 Å². The van der Waals surface area contributed by atoms with Crippen LogP contribution in [0.15, 0.2) is 18.5 Å². The van der Waals surface area contributed by atoms with Crippen LogP contribution in [0.1, 0.15) is 30.5 Å². The number of halogens is 5. The van der Waals surface area contributed by atoms with E-state index in [0.717, 1.165) is 18.5 Å². The highest BCUT2D eigenvalue weighted by Gasteiger charge is 2.35. The first-order valence-corrected chi connectivity index (χ1v) is 6.46. The summed E-state index contributed by atoms with van der Waals surface area (Å²) in [4.78, 5) is 3.72. The van der Waals surface area contributed by atoms with Gasteiger partial charge >= 0.3 is 6.18 Å². The van der Waals surface area contributed by atoms with Gasteiger partial charge in [-0.05, 0) is 24.6 Å². The number of rotatable bonds is 8. The van der Waals surface area contributed by atoms with Gasteiger partial charge in [0, 0.05) is 25.0 Å². The van der Waals surface area contributed by atoms with E-state index in [9.17, 15) is 22.0 Å². The van der Waals surface area contributed by atoms with E-state index in [4.69, 9.17) is 4.74 Å². The first kappa shape index (κ1) is 17.8. The highest BCUT2D eigenvalue weighted by molar-refractivity contribution is 5.29. The third-order valence-corrected chi connectivity index (χ3v) is 2.78. The summed E-state index contributed by atoms with van der Waals surface area (Å²) >= 11 is 0. The summed E-state index contributed by atoms with van der Waals surface area (Å²) in [6.07, 6.45) is -4.72. The van der Waals surface area contributed by atoms with Crippen LogP contribution in [0.25, 0.3) is 0 Å². The lowest BCUT2D eigenvalue weighted by atomic mass is 10.00. The molecule has 1 atom stereocenters. The predicted octanol–water partition coefficient (Wildman–Crippen LogP) is 3.42. The average Bonchev–Trinajstić information content (AvgIpc) is 2.41. The van der Waals surface area contributed by atoms with Crippen molar-refractivity contribution in [2.24, 2.45) is 0 Å². The Kier molecular flexibility index (Phi) is 6.97. The van der Waals surface area contributed by atoms with Gasteiger partial charge in [-0.25, -0.2) is 8.78 Å². The molecule has 0 aliphatic carbocycles. The minimum Gasteiger partial charge on any atom is -0.375 e. The SMILES string of the molecule is CCNC(CCOCC(F)F)c1cnccc1C(F)(F)F. The number of nitrogens with zero attached hydrogens (tertiary/aromatic N) is 1. The molecule has 1 aromatic heterocycles. The minimum atomic E-state index is -4.49. The molecule has 0 bridgehead atoms. The third kappa shape index (κ3) is 5.92. The lowest BCUT2D eigenvalue weighted by molar-refractivity contribution is -0.138. The standard InChI is InChI=1S/C13H17F5N2O/c1-2-20-11(4-6-21-8-12(14)15)9-7-19-5-3-10(9)13(16,17)18/h3,5,7,11-12,20H,2,4,6,8H2,1H3. The molecule has 1 N–H and O–H groups in total. The van der Waals surface area contributed by atoms with Crippen LogP contribution in [-0.2, 0) is 10.9 Å². The molecule has 1 rings (SSSR count). The zero-order chi connectivity index (χ0) is 15.9. The molecule has 3 nitrogen and oxygen atoms in total. The monoisotopic (exact) mass is 312 g/mol. The molecule has 0 saturated heterocycles. The van der Waals surface area contributed by atoms with E-state index in [1.165, 1.54) is 0 Å². The summed E-state index contributed by atoms with van der Waals surface area (Å²) in [6, 6.07) is 0.248. The van der Waals surface area contributed by atoms with Crippen molar-refractivity contribution in [2.75, 3.05) is 19.8 Å². The number of ether oxygens (including phenoxy) is 1. The average molecular weight is 312 g/mol. The van der Waals surface area contributed by atoms with Crippen LogP contribution in [-0.4, -0.2) is 31.2 Å². The van der Waals surface area contributed by atoms with E-state index in [2.05, 4.69) is 10.3 Å². The van der Waals surface area contributed by atoms with Crippen molar-refractivity contribution >= 4 is 0 Å². The van der Waals surface area contributed by atoms with Crippen molar-refractivity contribution < 1.29 is 26.7 Å². The molecule has 1 aromatic rings. The molecule has 0 radical (unpaired) electrons. The fraction of sp³-hybridized carbons (Fsp3) is 0.615. The fourth-order valence-electron chi connectivity index (χ4n) is 1.93. The van der Waals surface area contributed by atoms with Gasteiger partial charge in [0.1, 0.15) is 6.61 Å². The Labute approximate surface area is 119 Å². The van der Waals surface area contributed by atoms with E-state index in [1.807, 2.05) is 0 Å². The molecule has 0 aliphatic rings. The van der Waals surface area contributed by atoms with Gasteiger partial charge in [0.2, 0.25) is 0 Å². The molecule has 0 saturated carbocycles. The Morgan fingerprint density at radius 2 is 2.05 bits per heavy atom. The van der Waals surface area contributed by atoms with Gasteiger partial charge in [0.05, 0.1) is 5.56 Å². The number of pyridine rings is 1. The smallest absolute Gasteiger partial charge is 0.375 e. The molecular weight excluding hydrogens is 295 g/mol. The Morgan fingerprint density at radius 3 is 2.62 bits per heavy atom. The summed E-state index contributed by atoms with van der Waals surface area (Å²) in [5, 5.41) is 2.89. The summed E-state index contributed by atoms with van der Waals surface area (Å²) in [5.74, 6) is 0. The Hall–Kier alpha value is -1.28. The van der Waals surface area contributed by atoms with E-state index in [-0.39, 0.29) is 18.6 Å². The zero-order valence-corrected chi connectivity index (χ0v) is 11.5. The maximum Gasteiger partial charge on any atom is 0.416 e. The van der Waals surface area contributed by atoms with Crippen molar-refractivity contribution in [3.05, 3.63) is 29.6 Å². The van der Waals surface area contributed by atoms with Crippen LogP contribution >= 0.6 is 0 Å². The molecule has 0 fully saturated rings. The number of hydrogen-bond acceptors (Lipinski definition) is 3. The lowest BCUT2D eigenvalue weighted by Gasteiger charge is -2.22. The van der Waals surface area contributed by atoms with Crippen LogP contribution in [0.5, 0.6) is 0 Å². The quantitative estimate of drug-likeness (QED) is 0.590. The van der Waals surface area contributed by atoms with Crippen molar-refractivity contribution in [3.8, 4) is 0 Å². The zero-order valence-electron chi connectivity index (χ0n) is 11.5. The molecule has 1 unspecified atom stereocenters. The summed E-state index contributed by atoms with van der Waals surface area (Å²) in [7, 11) is 0. The second kappa shape index (κ2) is 8.23. The first-order valence-electron chi connectivity index (χ1n) is 6.46. The normalized spacial score (nSPS) is 13.7. The summed E-state index contributed by atoms with van der Waals surface area (Å²) in [6.45, 7) is 1.40. The van der Waals surface area contributed by atoms with E-state index >= 15 is 0 Å².